The minimum Gasteiger partial charge on any atom is -0.480 e. The van der Waals surface area contributed by atoms with Gasteiger partial charge in [0.2, 0.25) is 0 Å². The van der Waals surface area contributed by atoms with E-state index >= 15 is 0 Å². The van der Waals surface area contributed by atoms with Crippen molar-refractivity contribution in [2.75, 3.05) is 13.1 Å². The monoisotopic (exact) mass is 172 g/mol. The fourth-order valence-electron chi connectivity index (χ4n) is 0.969. The highest BCUT2D eigenvalue weighted by atomic mass is 16.4. The molecule has 0 aromatic carbocycles. The molecular formula is C6H8N2O4. The van der Waals surface area contributed by atoms with Crippen molar-refractivity contribution in [3.8, 4) is 0 Å². The first-order valence-electron chi connectivity index (χ1n) is 3.36. The zero-order chi connectivity index (χ0) is 9.14. The van der Waals surface area contributed by atoms with Gasteiger partial charge in [-0.25, -0.2) is 4.79 Å². The Morgan fingerprint density at radius 2 is 2.17 bits per heavy atom. The maximum Gasteiger partial charge on any atom is 0.352 e. The Labute approximate surface area is 67.9 Å². The first-order valence-corrected chi connectivity index (χ1v) is 3.36. The number of carboxylic acids is 2. The highest BCUT2D eigenvalue weighted by Crippen LogP contribution is 1.96. The van der Waals surface area contributed by atoms with Crippen molar-refractivity contribution < 1.29 is 19.8 Å². The van der Waals surface area contributed by atoms with E-state index in [-0.39, 0.29) is 5.71 Å². The van der Waals surface area contributed by atoms with Crippen molar-refractivity contribution in [3.05, 3.63) is 0 Å². The highest BCUT2D eigenvalue weighted by molar-refractivity contribution is 6.41. The summed E-state index contributed by atoms with van der Waals surface area (Å²) in [4.78, 5) is 24.5. The van der Waals surface area contributed by atoms with Crippen molar-refractivity contribution >= 4 is 17.7 Å². The number of nitrogens with zero attached hydrogens (tertiary/aromatic N) is 1. The zero-order valence-electron chi connectivity index (χ0n) is 6.15. The zero-order valence-corrected chi connectivity index (χ0v) is 6.15. The Morgan fingerprint density at radius 3 is 2.58 bits per heavy atom. The summed E-state index contributed by atoms with van der Waals surface area (Å²) in [7, 11) is 0. The molecule has 1 unspecified atom stereocenters. The van der Waals surface area contributed by atoms with Crippen molar-refractivity contribution in [2.45, 2.75) is 6.04 Å². The molecule has 1 atom stereocenters. The lowest BCUT2D eigenvalue weighted by molar-refractivity contribution is -0.139. The fourth-order valence-corrected chi connectivity index (χ4v) is 0.969. The van der Waals surface area contributed by atoms with Crippen LogP contribution in [0.15, 0.2) is 4.99 Å². The maximum atomic E-state index is 10.5. The average molecular weight is 172 g/mol. The van der Waals surface area contributed by atoms with Gasteiger partial charge in [-0.05, 0) is 0 Å². The second kappa shape index (κ2) is 3.31. The molecule has 0 aromatic rings. The minimum atomic E-state index is -1.28. The van der Waals surface area contributed by atoms with Crippen molar-refractivity contribution in [1.82, 2.24) is 5.32 Å². The van der Waals surface area contributed by atoms with Crippen molar-refractivity contribution in [3.63, 3.8) is 0 Å². The van der Waals surface area contributed by atoms with Gasteiger partial charge in [0.15, 0.2) is 6.04 Å². The molecule has 1 aliphatic heterocycles. The first-order chi connectivity index (χ1) is 5.63. The summed E-state index contributed by atoms with van der Waals surface area (Å²) in [5.74, 6) is -2.49. The Balaban J connectivity index is 2.85. The third-order valence-electron chi connectivity index (χ3n) is 1.48. The van der Waals surface area contributed by atoms with E-state index in [4.69, 9.17) is 10.2 Å². The number of carboxylic acid groups (broad SMARTS) is 2. The SMILES string of the molecule is O=C(O)C1=NCCNC1C(=O)O. The quantitative estimate of drug-likeness (QED) is 0.474. The number of hydrogen-bond donors (Lipinski definition) is 3. The third kappa shape index (κ3) is 1.59. The predicted molar refractivity (Wildman–Crippen MR) is 39.4 cm³/mol. The molecule has 66 valence electrons. The van der Waals surface area contributed by atoms with Gasteiger partial charge in [0.1, 0.15) is 5.71 Å². The standard InChI is InChI=1S/C6H8N2O4/c9-5(10)3-4(6(11)12)8-2-1-7-3/h3,7H,1-2H2,(H,9,10)(H,11,12). The predicted octanol–water partition coefficient (Wildman–Crippen LogP) is -1.43. The number of carbonyl (C=O) groups is 2. The smallest absolute Gasteiger partial charge is 0.352 e. The molecule has 0 spiro atoms. The Hall–Kier alpha value is -1.43. The molecule has 1 heterocycles. The van der Waals surface area contributed by atoms with Crippen LogP contribution in [0.2, 0.25) is 0 Å². The van der Waals surface area contributed by atoms with E-state index < -0.39 is 18.0 Å². The summed E-state index contributed by atoms with van der Waals surface area (Å²) in [5, 5.41) is 19.6. The topological polar surface area (TPSA) is 99.0 Å². The van der Waals surface area contributed by atoms with Crippen molar-refractivity contribution in [2.24, 2.45) is 4.99 Å². The summed E-state index contributed by atoms with van der Waals surface area (Å²) < 4.78 is 0. The van der Waals surface area contributed by atoms with Crippen LogP contribution in [0.3, 0.4) is 0 Å². The number of hydrogen-bond acceptors (Lipinski definition) is 4. The van der Waals surface area contributed by atoms with Crippen LogP contribution in [0.5, 0.6) is 0 Å². The first kappa shape index (κ1) is 8.66. The van der Waals surface area contributed by atoms with Crippen LogP contribution in [-0.4, -0.2) is 47.0 Å². The molecular weight excluding hydrogens is 164 g/mol. The normalized spacial score (nSPS) is 23.0. The molecule has 1 aliphatic rings. The molecule has 0 bridgehead atoms. The Bertz CT molecular complexity index is 248. The van der Waals surface area contributed by atoms with Gasteiger partial charge in [0.05, 0.1) is 6.54 Å². The van der Waals surface area contributed by atoms with Crippen LogP contribution in [0.25, 0.3) is 0 Å². The molecule has 3 N–H and O–H groups in total. The summed E-state index contributed by atoms with van der Waals surface area (Å²) >= 11 is 0. The molecule has 0 aromatic heterocycles. The van der Waals surface area contributed by atoms with Gasteiger partial charge < -0.3 is 10.2 Å². The van der Waals surface area contributed by atoms with E-state index in [0.29, 0.717) is 13.1 Å². The number of aliphatic carboxylic acids is 2. The van der Waals surface area contributed by atoms with E-state index in [1.165, 1.54) is 0 Å². The van der Waals surface area contributed by atoms with Gasteiger partial charge in [-0.15, -0.1) is 0 Å². The summed E-state index contributed by atoms with van der Waals surface area (Å²) in [6, 6.07) is -1.17. The van der Waals surface area contributed by atoms with Gasteiger partial charge >= 0.3 is 11.9 Å². The molecule has 12 heavy (non-hydrogen) atoms. The van der Waals surface area contributed by atoms with Gasteiger partial charge in [-0.1, -0.05) is 0 Å². The number of rotatable bonds is 2. The fraction of sp³-hybridized carbons (Fsp3) is 0.500. The molecule has 0 aliphatic carbocycles. The largest absolute Gasteiger partial charge is 0.480 e. The second-order valence-electron chi connectivity index (χ2n) is 2.30. The van der Waals surface area contributed by atoms with E-state index in [9.17, 15) is 9.59 Å². The minimum absolute atomic E-state index is 0.311. The average Bonchev–Trinajstić information content (AvgIpc) is 2.04. The second-order valence-corrected chi connectivity index (χ2v) is 2.30. The maximum absolute atomic E-state index is 10.5. The Morgan fingerprint density at radius 1 is 1.50 bits per heavy atom. The van der Waals surface area contributed by atoms with Crippen molar-refractivity contribution in [1.29, 1.82) is 0 Å². The van der Waals surface area contributed by atoms with Gasteiger partial charge in [-0.2, -0.15) is 0 Å². The summed E-state index contributed by atoms with van der Waals surface area (Å²) in [5.41, 5.74) is -0.325. The molecule has 6 nitrogen and oxygen atoms in total. The van der Waals surface area contributed by atoms with Gasteiger partial charge in [0, 0.05) is 6.54 Å². The van der Waals surface area contributed by atoms with E-state index in [2.05, 4.69) is 10.3 Å². The molecule has 0 amide bonds. The third-order valence-corrected chi connectivity index (χ3v) is 1.48. The van der Waals surface area contributed by atoms with Crippen LogP contribution in [-0.2, 0) is 9.59 Å². The van der Waals surface area contributed by atoms with E-state index in [0.717, 1.165) is 0 Å². The van der Waals surface area contributed by atoms with Crippen LogP contribution in [0, 0.1) is 0 Å². The van der Waals surface area contributed by atoms with Gasteiger partial charge in [-0.3, -0.25) is 15.1 Å². The summed E-state index contributed by atoms with van der Waals surface area (Å²) in [6.07, 6.45) is 0. The summed E-state index contributed by atoms with van der Waals surface area (Å²) in [6.45, 7) is 0.707. The highest BCUT2D eigenvalue weighted by Gasteiger charge is 2.30. The molecule has 6 heteroatoms. The van der Waals surface area contributed by atoms with Crippen LogP contribution < -0.4 is 5.32 Å². The number of nitrogens with one attached hydrogen (secondary N) is 1. The molecule has 1 rings (SSSR count). The lowest BCUT2D eigenvalue weighted by atomic mass is 10.1. The Kier molecular flexibility index (Phi) is 2.39. The lowest BCUT2D eigenvalue weighted by Gasteiger charge is -2.17. The van der Waals surface area contributed by atoms with Crippen LogP contribution in [0.4, 0.5) is 0 Å². The van der Waals surface area contributed by atoms with E-state index in [1.807, 2.05) is 0 Å². The molecule has 0 fully saturated rings. The van der Waals surface area contributed by atoms with Crippen LogP contribution in [0.1, 0.15) is 0 Å². The van der Waals surface area contributed by atoms with Crippen LogP contribution >= 0.6 is 0 Å². The number of aliphatic imine (C=N–C) groups is 1. The lowest BCUT2D eigenvalue weighted by Crippen LogP contribution is -2.50. The van der Waals surface area contributed by atoms with Gasteiger partial charge in [0.25, 0.3) is 0 Å². The molecule has 0 saturated carbocycles. The molecule has 0 saturated heterocycles. The molecule has 0 radical (unpaired) electrons. The van der Waals surface area contributed by atoms with E-state index in [1.54, 1.807) is 0 Å².